The van der Waals surface area contributed by atoms with Crippen molar-refractivity contribution in [1.29, 1.82) is 0 Å². The number of fused-ring (bicyclic) bond motifs is 2. The van der Waals surface area contributed by atoms with Gasteiger partial charge in [0.2, 0.25) is 0 Å². The van der Waals surface area contributed by atoms with Gasteiger partial charge in [0.1, 0.15) is 16.5 Å². The van der Waals surface area contributed by atoms with Gasteiger partial charge in [-0.3, -0.25) is 4.79 Å². The number of nitrogens with zero attached hydrogens (tertiary/aromatic N) is 2. The summed E-state index contributed by atoms with van der Waals surface area (Å²) < 4.78 is 13.2. The quantitative estimate of drug-likeness (QED) is 0.549. The molecule has 6 heteroatoms. The molecule has 5 rings (SSSR count). The maximum atomic E-state index is 13.2. The number of hydrogen-bond donors (Lipinski definition) is 1. The molecule has 0 bridgehead atoms. The fourth-order valence-corrected chi connectivity index (χ4v) is 4.91. The van der Waals surface area contributed by atoms with Gasteiger partial charge in [0.25, 0.3) is 5.56 Å². The molecule has 0 spiro atoms. The fourth-order valence-electron chi connectivity index (χ4n) is 3.94. The van der Waals surface area contributed by atoms with Gasteiger partial charge in [-0.25, -0.2) is 9.37 Å². The van der Waals surface area contributed by atoms with Crippen molar-refractivity contribution in [3.63, 3.8) is 0 Å². The summed E-state index contributed by atoms with van der Waals surface area (Å²) in [5.74, 6) is 0.367. The molecule has 0 saturated heterocycles. The summed E-state index contributed by atoms with van der Waals surface area (Å²) in [5, 5.41) is 2.48. The molecule has 0 fully saturated rings. The highest BCUT2D eigenvalue weighted by Crippen LogP contribution is 2.34. The summed E-state index contributed by atoms with van der Waals surface area (Å²) >= 11 is 1.44. The second kappa shape index (κ2) is 6.56. The van der Waals surface area contributed by atoms with Crippen LogP contribution >= 0.6 is 11.3 Å². The SMILES string of the molecule is CC1Cc2ccccc2N1Cc1nc2scc(-c3ccc(F)cc3)c2c(=O)[nH]1. The number of anilines is 1. The molecule has 4 aromatic rings. The molecule has 28 heavy (non-hydrogen) atoms. The van der Waals surface area contributed by atoms with E-state index in [2.05, 4.69) is 35.0 Å². The molecule has 1 aliphatic rings. The van der Waals surface area contributed by atoms with E-state index in [1.807, 2.05) is 11.4 Å². The maximum Gasteiger partial charge on any atom is 0.260 e. The van der Waals surface area contributed by atoms with Gasteiger partial charge in [-0.1, -0.05) is 30.3 Å². The first-order valence-electron chi connectivity index (χ1n) is 9.21. The van der Waals surface area contributed by atoms with Crippen LogP contribution in [-0.4, -0.2) is 16.0 Å². The first-order valence-corrected chi connectivity index (χ1v) is 10.1. The second-order valence-electron chi connectivity index (χ2n) is 7.16. The van der Waals surface area contributed by atoms with Crippen molar-refractivity contribution in [2.75, 3.05) is 4.90 Å². The van der Waals surface area contributed by atoms with Crippen molar-refractivity contribution in [3.05, 3.63) is 81.5 Å². The predicted molar refractivity (Wildman–Crippen MR) is 111 cm³/mol. The monoisotopic (exact) mass is 391 g/mol. The lowest BCUT2D eigenvalue weighted by Gasteiger charge is -2.24. The zero-order valence-corrected chi connectivity index (χ0v) is 16.1. The number of para-hydroxylation sites is 1. The van der Waals surface area contributed by atoms with Crippen LogP contribution in [0.4, 0.5) is 10.1 Å². The summed E-state index contributed by atoms with van der Waals surface area (Å²) in [6, 6.07) is 14.9. The Bertz CT molecular complexity index is 1230. The lowest BCUT2D eigenvalue weighted by Crippen LogP contribution is -2.30. The van der Waals surface area contributed by atoms with Gasteiger partial charge in [0, 0.05) is 22.7 Å². The van der Waals surface area contributed by atoms with E-state index in [0.29, 0.717) is 28.6 Å². The number of nitrogens with one attached hydrogen (secondary N) is 1. The minimum absolute atomic E-state index is 0.152. The lowest BCUT2D eigenvalue weighted by atomic mass is 10.1. The normalized spacial score (nSPS) is 15.9. The molecular formula is C22H18FN3OS. The number of rotatable bonds is 3. The average molecular weight is 391 g/mol. The number of hydrogen-bond acceptors (Lipinski definition) is 4. The van der Waals surface area contributed by atoms with E-state index in [0.717, 1.165) is 17.5 Å². The standard InChI is InChI=1S/C22H18FN3OS/c1-13-10-15-4-2-3-5-18(15)26(13)11-19-24-21(27)20-17(12-28-22(20)25-19)14-6-8-16(23)9-7-14/h2-9,12-13H,10-11H2,1H3,(H,24,25,27). The Hall–Kier alpha value is -2.99. The first kappa shape index (κ1) is 17.1. The molecule has 3 heterocycles. The van der Waals surface area contributed by atoms with Crippen LogP contribution in [0.3, 0.4) is 0 Å². The van der Waals surface area contributed by atoms with Gasteiger partial charge in [-0.05, 0) is 42.7 Å². The van der Waals surface area contributed by atoms with E-state index in [4.69, 9.17) is 4.98 Å². The number of aromatic amines is 1. The van der Waals surface area contributed by atoms with Crippen molar-refractivity contribution in [2.24, 2.45) is 0 Å². The van der Waals surface area contributed by atoms with Crippen LogP contribution in [0.25, 0.3) is 21.3 Å². The third-order valence-electron chi connectivity index (χ3n) is 5.32. The summed E-state index contributed by atoms with van der Waals surface area (Å²) in [5.41, 5.74) is 3.99. The average Bonchev–Trinajstić information content (AvgIpc) is 3.24. The van der Waals surface area contributed by atoms with Gasteiger partial charge in [0.05, 0.1) is 11.9 Å². The Morgan fingerprint density at radius 3 is 2.82 bits per heavy atom. The van der Waals surface area contributed by atoms with Crippen molar-refractivity contribution in [2.45, 2.75) is 25.9 Å². The molecule has 0 amide bonds. The molecule has 1 N–H and O–H groups in total. The molecule has 0 radical (unpaired) electrons. The predicted octanol–water partition coefficient (Wildman–Crippen LogP) is 4.74. The van der Waals surface area contributed by atoms with E-state index in [-0.39, 0.29) is 11.4 Å². The molecule has 140 valence electrons. The summed E-state index contributed by atoms with van der Waals surface area (Å²) in [6.07, 6.45) is 0.996. The molecule has 4 nitrogen and oxygen atoms in total. The Labute approximate surface area is 165 Å². The minimum Gasteiger partial charge on any atom is -0.361 e. The highest BCUT2D eigenvalue weighted by Gasteiger charge is 2.26. The van der Waals surface area contributed by atoms with E-state index in [1.54, 1.807) is 12.1 Å². The third-order valence-corrected chi connectivity index (χ3v) is 6.19. The summed E-state index contributed by atoms with van der Waals surface area (Å²) in [4.78, 5) is 23.5. The van der Waals surface area contributed by atoms with E-state index >= 15 is 0 Å². The number of thiophene rings is 1. The van der Waals surface area contributed by atoms with Crippen molar-refractivity contribution in [1.82, 2.24) is 9.97 Å². The van der Waals surface area contributed by atoms with Crippen LogP contribution in [0.1, 0.15) is 18.3 Å². The van der Waals surface area contributed by atoms with Gasteiger partial charge < -0.3 is 9.88 Å². The topological polar surface area (TPSA) is 49.0 Å². The lowest BCUT2D eigenvalue weighted by molar-refractivity contribution is 0.628. The van der Waals surface area contributed by atoms with Crippen molar-refractivity contribution >= 4 is 27.2 Å². The molecule has 0 saturated carbocycles. The molecule has 1 atom stereocenters. The Morgan fingerprint density at radius 1 is 1.21 bits per heavy atom. The van der Waals surface area contributed by atoms with Crippen LogP contribution < -0.4 is 10.5 Å². The van der Waals surface area contributed by atoms with Crippen molar-refractivity contribution in [3.8, 4) is 11.1 Å². The second-order valence-corrected chi connectivity index (χ2v) is 8.02. The van der Waals surface area contributed by atoms with Crippen LogP contribution in [0.5, 0.6) is 0 Å². The molecule has 1 unspecified atom stereocenters. The minimum atomic E-state index is -0.294. The number of halogens is 1. The van der Waals surface area contributed by atoms with E-state index in [9.17, 15) is 9.18 Å². The number of H-pyrrole nitrogens is 1. The fraction of sp³-hybridized carbons (Fsp3) is 0.182. The van der Waals surface area contributed by atoms with Crippen LogP contribution in [0.15, 0.2) is 58.7 Å². The highest BCUT2D eigenvalue weighted by atomic mass is 32.1. The van der Waals surface area contributed by atoms with Gasteiger partial charge in [-0.15, -0.1) is 11.3 Å². The van der Waals surface area contributed by atoms with Gasteiger partial charge in [-0.2, -0.15) is 0 Å². The smallest absolute Gasteiger partial charge is 0.260 e. The largest absolute Gasteiger partial charge is 0.361 e. The van der Waals surface area contributed by atoms with Gasteiger partial charge in [0.15, 0.2) is 0 Å². The molecule has 2 aromatic heterocycles. The summed E-state index contributed by atoms with van der Waals surface area (Å²) in [7, 11) is 0. The molecule has 2 aromatic carbocycles. The van der Waals surface area contributed by atoms with E-state index in [1.165, 1.54) is 34.7 Å². The first-order chi connectivity index (χ1) is 13.6. The molecular weight excluding hydrogens is 373 g/mol. The summed E-state index contributed by atoms with van der Waals surface area (Å²) in [6.45, 7) is 2.75. The Kier molecular flexibility index (Phi) is 4.02. The molecule has 0 aliphatic carbocycles. The Balaban J connectivity index is 1.53. The van der Waals surface area contributed by atoms with Crippen LogP contribution in [-0.2, 0) is 13.0 Å². The van der Waals surface area contributed by atoms with Crippen LogP contribution in [0.2, 0.25) is 0 Å². The molecule has 1 aliphatic heterocycles. The maximum absolute atomic E-state index is 13.2. The van der Waals surface area contributed by atoms with Gasteiger partial charge >= 0.3 is 0 Å². The van der Waals surface area contributed by atoms with E-state index < -0.39 is 0 Å². The Morgan fingerprint density at radius 2 is 2.00 bits per heavy atom. The third kappa shape index (κ3) is 2.81. The van der Waals surface area contributed by atoms with Crippen LogP contribution in [0, 0.1) is 5.82 Å². The number of aromatic nitrogens is 2. The number of benzene rings is 2. The zero-order chi connectivity index (χ0) is 19.3. The van der Waals surface area contributed by atoms with Crippen molar-refractivity contribution < 1.29 is 4.39 Å². The zero-order valence-electron chi connectivity index (χ0n) is 15.3. The highest BCUT2D eigenvalue weighted by molar-refractivity contribution is 7.17.